The summed E-state index contributed by atoms with van der Waals surface area (Å²) in [5.41, 5.74) is 1.36. The number of furan rings is 1. The van der Waals surface area contributed by atoms with Gasteiger partial charge in [-0.05, 0) is 36.8 Å². The number of anilines is 1. The molecule has 1 aromatic carbocycles. The molecule has 0 saturated carbocycles. The molecule has 0 aliphatic carbocycles. The number of carboxylic acid groups (broad SMARTS) is 1. The molecule has 1 amide bonds. The molecule has 2 N–H and O–H groups in total. The quantitative estimate of drug-likeness (QED) is 0.908. The average molecular weight is 324 g/mol. The normalized spacial score (nSPS) is 10.2. The van der Waals surface area contributed by atoms with E-state index < -0.39 is 11.9 Å². The zero-order chi connectivity index (χ0) is 14.0. The van der Waals surface area contributed by atoms with Crippen LogP contribution in [0, 0.1) is 6.92 Å². The summed E-state index contributed by atoms with van der Waals surface area (Å²) in [6.07, 6.45) is 1.17. The maximum Gasteiger partial charge on any atom is 0.339 e. The average Bonchev–Trinajstić information content (AvgIpc) is 2.75. The molecule has 0 unspecified atom stereocenters. The Labute approximate surface area is 117 Å². The van der Waals surface area contributed by atoms with Crippen LogP contribution < -0.4 is 5.32 Å². The Morgan fingerprint density at radius 1 is 1.32 bits per heavy atom. The lowest BCUT2D eigenvalue weighted by Gasteiger charge is -2.06. The first kappa shape index (κ1) is 13.4. The third-order valence-electron chi connectivity index (χ3n) is 2.40. The molecule has 0 fully saturated rings. The SMILES string of the molecule is Cc1cc(Br)cc(NC(=O)c2occc2C(=O)O)c1. The van der Waals surface area contributed by atoms with E-state index in [1.165, 1.54) is 12.3 Å². The number of hydrogen-bond donors (Lipinski definition) is 2. The summed E-state index contributed by atoms with van der Waals surface area (Å²) in [7, 11) is 0. The smallest absolute Gasteiger partial charge is 0.339 e. The van der Waals surface area contributed by atoms with Crippen molar-refractivity contribution in [2.75, 3.05) is 5.32 Å². The number of carbonyl (C=O) groups is 2. The fourth-order valence-corrected chi connectivity index (χ4v) is 2.26. The Hall–Kier alpha value is -2.08. The maximum atomic E-state index is 11.9. The van der Waals surface area contributed by atoms with Gasteiger partial charge >= 0.3 is 5.97 Å². The van der Waals surface area contributed by atoms with Gasteiger partial charge in [-0.2, -0.15) is 0 Å². The van der Waals surface area contributed by atoms with Gasteiger partial charge in [0.25, 0.3) is 5.91 Å². The van der Waals surface area contributed by atoms with Gasteiger partial charge in [-0.15, -0.1) is 0 Å². The molecule has 0 aliphatic heterocycles. The molecule has 5 nitrogen and oxygen atoms in total. The third kappa shape index (κ3) is 3.03. The lowest BCUT2D eigenvalue weighted by atomic mass is 10.2. The molecular weight excluding hydrogens is 314 g/mol. The molecule has 0 aliphatic rings. The Bertz CT molecular complexity index is 628. The fraction of sp³-hybridized carbons (Fsp3) is 0.0769. The summed E-state index contributed by atoms with van der Waals surface area (Å²) in [5.74, 6) is -2.02. The van der Waals surface area contributed by atoms with Crippen molar-refractivity contribution in [3.63, 3.8) is 0 Å². The van der Waals surface area contributed by atoms with E-state index in [0.717, 1.165) is 10.0 Å². The van der Waals surface area contributed by atoms with E-state index in [0.29, 0.717) is 5.69 Å². The molecule has 98 valence electrons. The van der Waals surface area contributed by atoms with Crippen LogP contribution in [0.5, 0.6) is 0 Å². The van der Waals surface area contributed by atoms with Crippen LogP contribution in [-0.2, 0) is 0 Å². The summed E-state index contributed by atoms with van der Waals surface area (Å²) in [5, 5.41) is 11.5. The molecule has 1 aromatic heterocycles. The predicted octanol–water partition coefficient (Wildman–Crippen LogP) is 3.30. The van der Waals surface area contributed by atoms with Gasteiger partial charge in [-0.3, -0.25) is 4.79 Å². The predicted molar refractivity (Wildman–Crippen MR) is 72.5 cm³/mol. The van der Waals surface area contributed by atoms with Crippen LogP contribution in [0.2, 0.25) is 0 Å². The third-order valence-corrected chi connectivity index (χ3v) is 2.86. The molecule has 2 rings (SSSR count). The monoisotopic (exact) mass is 323 g/mol. The van der Waals surface area contributed by atoms with Gasteiger partial charge in [0.05, 0.1) is 6.26 Å². The first-order valence-corrected chi connectivity index (χ1v) is 6.16. The Kier molecular flexibility index (Phi) is 3.71. The summed E-state index contributed by atoms with van der Waals surface area (Å²) < 4.78 is 5.74. The lowest BCUT2D eigenvalue weighted by molar-refractivity contribution is 0.0690. The maximum absolute atomic E-state index is 11.9. The molecule has 2 aromatic rings. The van der Waals surface area contributed by atoms with Crippen LogP contribution in [0.4, 0.5) is 5.69 Å². The van der Waals surface area contributed by atoms with Crippen molar-refractivity contribution >= 4 is 33.5 Å². The molecule has 0 spiro atoms. The molecule has 0 radical (unpaired) electrons. The van der Waals surface area contributed by atoms with Gasteiger partial charge in [0, 0.05) is 10.2 Å². The highest BCUT2D eigenvalue weighted by atomic mass is 79.9. The van der Waals surface area contributed by atoms with E-state index in [9.17, 15) is 9.59 Å². The highest BCUT2D eigenvalue weighted by Gasteiger charge is 2.20. The second-order valence-electron chi connectivity index (χ2n) is 3.94. The van der Waals surface area contributed by atoms with E-state index in [-0.39, 0.29) is 11.3 Å². The lowest BCUT2D eigenvalue weighted by Crippen LogP contribution is -2.14. The second kappa shape index (κ2) is 5.27. The number of aryl methyl sites for hydroxylation is 1. The van der Waals surface area contributed by atoms with Crippen molar-refractivity contribution in [3.8, 4) is 0 Å². The molecule has 0 atom stereocenters. The number of aromatic carboxylic acids is 1. The number of carbonyl (C=O) groups excluding carboxylic acids is 1. The van der Waals surface area contributed by atoms with Crippen LogP contribution in [0.1, 0.15) is 26.5 Å². The number of hydrogen-bond acceptors (Lipinski definition) is 3. The van der Waals surface area contributed by atoms with Crippen LogP contribution in [0.25, 0.3) is 0 Å². The van der Waals surface area contributed by atoms with Crippen molar-refractivity contribution in [2.24, 2.45) is 0 Å². The van der Waals surface area contributed by atoms with Gasteiger partial charge in [-0.25, -0.2) is 4.79 Å². The number of halogens is 1. The van der Waals surface area contributed by atoms with Crippen molar-refractivity contribution in [2.45, 2.75) is 6.92 Å². The highest BCUT2D eigenvalue weighted by Crippen LogP contribution is 2.20. The first-order chi connectivity index (χ1) is 8.97. The van der Waals surface area contributed by atoms with E-state index in [2.05, 4.69) is 21.2 Å². The summed E-state index contributed by atoms with van der Waals surface area (Å²) >= 11 is 3.32. The van der Waals surface area contributed by atoms with Gasteiger partial charge < -0.3 is 14.8 Å². The largest absolute Gasteiger partial charge is 0.478 e. The summed E-state index contributed by atoms with van der Waals surface area (Å²) in [6, 6.07) is 6.62. The number of carboxylic acids is 1. The minimum Gasteiger partial charge on any atom is -0.478 e. The van der Waals surface area contributed by atoms with Crippen LogP contribution >= 0.6 is 15.9 Å². The van der Waals surface area contributed by atoms with Crippen molar-refractivity contribution < 1.29 is 19.1 Å². The van der Waals surface area contributed by atoms with Crippen LogP contribution in [-0.4, -0.2) is 17.0 Å². The van der Waals surface area contributed by atoms with E-state index in [1.54, 1.807) is 12.1 Å². The Morgan fingerprint density at radius 3 is 2.68 bits per heavy atom. The number of amides is 1. The molecule has 6 heteroatoms. The topological polar surface area (TPSA) is 79.5 Å². The highest BCUT2D eigenvalue weighted by molar-refractivity contribution is 9.10. The second-order valence-corrected chi connectivity index (χ2v) is 4.86. The molecule has 0 saturated heterocycles. The first-order valence-electron chi connectivity index (χ1n) is 5.36. The van der Waals surface area contributed by atoms with Crippen LogP contribution in [0.3, 0.4) is 0 Å². The van der Waals surface area contributed by atoms with E-state index >= 15 is 0 Å². The van der Waals surface area contributed by atoms with Gasteiger partial charge in [0.1, 0.15) is 5.56 Å². The zero-order valence-corrected chi connectivity index (χ0v) is 11.5. The molecular formula is C13H10BrNO4. The van der Waals surface area contributed by atoms with Gasteiger partial charge in [0.15, 0.2) is 0 Å². The summed E-state index contributed by atoms with van der Waals surface area (Å²) in [4.78, 5) is 22.8. The molecule has 19 heavy (non-hydrogen) atoms. The fourth-order valence-electron chi connectivity index (χ4n) is 1.65. The van der Waals surface area contributed by atoms with Crippen molar-refractivity contribution in [1.29, 1.82) is 0 Å². The van der Waals surface area contributed by atoms with E-state index in [4.69, 9.17) is 9.52 Å². The zero-order valence-electron chi connectivity index (χ0n) is 9.94. The van der Waals surface area contributed by atoms with Gasteiger partial charge in [0.2, 0.25) is 5.76 Å². The standard InChI is InChI=1S/C13H10BrNO4/c1-7-4-8(14)6-9(5-7)15-12(16)11-10(13(17)18)2-3-19-11/h2-6H,1H3,(H,15,16)(H,17,18). The number of rotatable bonds is 3. The number of benzene rings is 1. The Morgan fingerprint density at radius 2 is 2.05 bits per heavy atom. The molecule has 1 heterocycles. The van der Waals surface area contributed by atoms with Crippen molar-refractivity contribution in [3.05, 3.63) is 51.9 Å². The summed E-state index contributed by atoms with van der Waals surface area (Å²) in [6.45, 7) is 1.88. The van der Waals surface area contributed by atoms with Crippen molar-refractivity contribution in [1.82, 2.24) is 0 Å². The van der Waals surface area contributed by atoms with Crippen LogP contribution in [0.15, 0.2) is 39.4 Å². The number of nitrogens with one attached hydrogen (secondary N) is 1. The van der Waals surface area contributed by atoms with E-state index in [1.807, 2.05) is 13.0 Å². The molecule has 0 bridgehead atoms. The minimum absolute atomic E-state index is 0.163. The Balaban J connectivity index is 2.25. The minimum atomic E-state index is -1.20. The van der Waals surface area contributed by atoms with Gasteiger partial charge in [-0.1, -0.05) is 15.9 Å².